The number of benzene rings is 2. The number of carbonyl (C=O) groups is 1. The first-order chi connectivity index (χ1) is 21.9. The van der Waals surface area contributed by atoms with E-state index in [4.69, 9.17) is 24.7 Å². The topological polar surface area (TPSA) is 164 Å². The smallest absolute Gasteiger partial charge is 0.407 e. The Morgan fingerprint density at radius 1 is 1.09 bits per heavy atom. The van der Waals surface area contributed by atoms with Gasteiger partial charge in [0, 0.05) is 37.6 Å². The molecule has 1 amide bonds. The monoisotopic (exact) mass is 679 g/mol. The molecule has 7 atom stereocenters. The van der Waals surface area contributed by atoms with E-state index >= 15 is 0 Å². The van der Waals surface area contributed by atoms with E-state index in [0.717, 1.165) is 18.4 Å². The molecule has 0 spiro atoms. The Kier molecular flexibility index (Phi) is 11.0. The van der Waals surface area contributed by atoms with Crippen LogP contribution in [0.1, 0.15) is 32.3 Å². The number of nitrogens with zero attached hydrogens (tertiary/aromatic N) is 1. The van der Waals surface area contributed by atoms with Gasteiger partial charge < -0.3 is 30.0 Å². The van der Waals surface area contributed by atoms with Gasteiger partial charge in [0.15, 0.2) is 16.1 Å². The lowest BCUT2D eigenvalue weighted by Gasteiger charge is -2.36. The number of methoxy groups -OCH3 is 1. The number of carbonyl (C=O) groups excluding carboxylic acids is 1. The molecular weight excluding hydrogens is 634 g/mol. The van der Waals surface area contributed by atoms with Crippen LogP contribution in [0.3, 0.4) is 0 Å². The molecule has 254 valence electrons. The second-order valence-corrected chi connectivity index (χ2v) is 16.9. The Hall–Kier alpha value is -2.75. The summed E-state index contributed by atoms with van der Waals surface area (Å²) in [5, 5.41) is 2.87. The van der Waals surface area contributed by atoms with Crippen LogP contribution < -0.4 is 15.8 Å². The number of ether oxygens (including phenoxy) is 4. The SMILES string of the molecule is COc1ccc(S(=O)(=O)N(CC(C)C)C[C@@H](N)[C@H](Cc2ccccc2)NC(=O)OC2CS(=O)(=O)CC3OC4OCCCC4C23)cc1. The molecule has 5 rings (SSSR count). The summed E-state index contributed by atoms with van der Waals surface area (Å²) >= 11 is 0. The minimum absolute atomic E-state index is 0.00635. The molecule has 12 nitrogen and oxygen atoms in total. The zero-order valence-electron chi connectivity index (χ0n) is 26.5. The predicted molar refractivity (Wildman–Crippen MR) is 171 cm³/mol. The van der Waals surface area contributed by atoms with Gasteiger partial charge >= 0.3 is 6.09 Å². The molecule has 0 bridgehead atoms. The van der Waals surface area contributed by atoms with Crippen LogP contribution in [0, 0.1) is 17.8 Å². The molecule has 3 fully saturated rings. The van der Waals surface area contributed by atoms with Crippen molar-refractivity contribution in [1.82, 2.24) is 9.62 Å². The minimum atomic E-state index is -3.95. The van der Waals surface area contributed by atoms with Crippen LogP contribution in [-0.4, -0.2) is 96.1 Å². The second kappa shape index (κ2) is 14.6. The van der Waals surface area contributed by atoms with Crippen LogP contribution in [0.4, 0.5) is 4.79 Å². The lowest BCUT2D eigenvalue weighted by atomic mass is 9.82. The van der Waals surface area contributed by atoms with E-state index in [1.54, 1.807) is 12.1 Å². The van der Waals surface area contributed by atoms with Crippen molar-refractivity contribution < 1.29 is 40.6 Å². The van der Waals surface area contributed by atoms with Gasteiger partial charge in [-0.2, -0.15) is 4.31 Å². The van der Waals surface area contributed by atoms with Crippen molar-refractivity contribution in [3.8, 4) is 5.75 Å². The van der Waals surface area contributed by atoms with Gasteiger partial charge in [-0.3, -0.25) is 0 Å². The van der Waals surface area contributed by atoms with Crippen LogP contribution in [0.15, 0.2) is 59.5 Å². The van der Waals surface area contributed by atoms with E-state index < -0.39 is 56.5 Å². The molecule has 5 unspecified atom stereocenters. The van der Waals surface area contributed by atoms with Crippen LogP contribution in [0.2, 0.25) is 0 Å². The van der Waals surface area contributed by atoms with Gasteiger partial charge in [0.25, 0.3) is 0 Å². The Morgan fingerprint density at radius 2 is 1.80 bits per heavy atom. The molecule has 0 radical (unpaired) electrons. The highest BCUT2D eigenvalue weighted by molar-refractivity contribution is 7.91. The quantitative estimate of drug-likeness (QED) is 0.341. The van der Waals surface area contributed by atoms with Crippen LogP contribution >= 0.6 is 0 Å². The number of nitrogens with one attached hydrogen (secondary N) is 1. The Morgan fingerprint density at radius 3 is 2.48 bits per heavy atom. The highest BCUT2D eigenvalue weighted by Gasteiger charge is 2.55. The normalized spacial score (nSPS) is 27.0. The minimum Gasteiger partial charge on any atom is -0.497 e. The van der Waals surface area contributed by atoms with Crippen LogP contribution in [0.5, 0.6) is 5.75 Å². The first kappa shape index (κ1) is 34.6. The van der Waals surface area contributed by atoms with Gasteiger partial charge in [0.2, 0.25) is 10.0 Å². The molecule has 2 aromatic rings. The number of rotatable bonds is 12. The lowest BCUT2D eigenvalue weighted by molar-refractivity contribution is -0.163. The van der Waals surface area contributed by atoms with E-state index in [2.05, 4.69) is 5.32 Å². The summed E-state index contributed by atoms with van der Waals surface area (Å²) in [6, 6.07) is 14.0. The summed E-state index contributed by atoms with van der Waals surface area (Å²) in [5.74, 6) is -0.284. The first-order valence-corrected chi connectivity index (χ1v) is 19.0. The first-order valence-electron chi connectivity index (χ1n) is 15.7. The summed E-state index contributed by atoms with van der Waals surface area (Å²) in [4.78, 5) is 13.6. The van der Waals surface area contributed by atoms with Gasteiger partial charge in [0.1, 0.15) is 11.9 Å². The lowest BCUT2D eigenvalue weighted by Crippen LogP contribution is -2.56. The number of nitrogens with two attached hydrogens (primary N) is 1. The molecule has 2 aromatic carbocycles. The summed E-state index contributed by atoms with van der Waals surface area (Å²) in [6.45, 7) is 4.50. The van der Waals surface area contributed by atoms with Crippen LogP contribution in [0.25, 0.3) is 0 Å². The molecule has 3 N–H and O–H groups in total. The zero-order chi connectivity index (χ0) is 33.1. The molecule has 3 saturated heterocycles. The maximum Gasteiger partial charge on any atom is 0.407 e. The summed E-state index contributed by atoms with van der Waals surface area (Å²) in [7, 11) is -5.97. The summed E-state index contributed by atoms with van der Waals surface area (Å²) in [5.41, 5.74) is 7.61. The molecule has 0 aromatic heterocycles. The van der Waals surface area contributed by atoms with Crippen molar-refractivity contribution in [2.75, 3.05) is 38.3 Å². The van der Waals surface area contributed by atoms with E-state index in [9.17, 15) is 21.6 Å². The molecular formula is C32H45N3O9S2. The van der Waals surface area contributed by atoms with Crippen molar-refractivity contribution in [1.29, 1.82) is 0 Å². The third-order valence-electron chi connectivity index (χ3n) is 8.87. The highest BCUT2D eigenvalue weighted by atomic mass is 32.2. The Bertz CT molecular complexity index is 1540. The maximum absolute atomic E-state index is 13.8. The van der Waals surface area contributed by atoms with Gasteiger partial charge in [0.05, 0.1) is 35.7 Å². The van der Waals surface area contributed by atoms with Crippen LogP contribution in [-0.2, 0) is 40.5 Å². The number of fused-ring (bicyclic) bond motifs is 3. The number of amides is 1. The van der Waals surface area contributed by atoms with E-state index in [-0.39, 0.29) is 47.2 Å². The molecule has 3 heterocycles. The Balaban J connectivity index is 1.35. The van der Waals surface area contributed by atoms with Gasteiger partial charge in [-0.15, -0.1) is 0 Å². The van der Waals surface area contributed by atoms with Crippen molar-refractivity contribution in [2.24, 2.45) is 23.5 Å². The second-order valence-electron chi connectivity index (χ2n) is 12.8. The third-order valence-corrected chi connectivity index (χ3v) is 12.4. The summed E-state index contributed by atoms with van der Waals surface area (Å²) in [6.07, 6.45) is -0.938. The largest absolute Gasteiger partial charge is 0.497 e. The Labute approximate surface area is 271 Å². The van der Waals surface area contributed by atoms with E-state index in [1.807, 2.05) is 44.2 Å². The van der Waals surface area contributed by atoms with Crippen molar-refractivity contribution in [3.05, 3.63) is 60.2 Å². The number of sulfonamides is 1. The molecule has 0 aliphatic carbocycles. The predicted octanol–water partition coefficient (Wildman–Crippen LogP) is 2.57. The van der Waals surface area contributed by atoms with Crippen molar-refractivity contribution >= 4 is 26.0 Å². The molecule has 0 saturated carbocycles. The average molecular weight is 680 g/mol. The number of alkyl carbamates (subject to hydrolysis) is 1. The standard InChI is InChI=1S/C32H45N3O9S2/c1-21(2)17-35(46(39,40)24-13-11-23(41-3)12-14-24)18-26(33)27(16-22-8-5-4-6-9-22)34-32(36)44-29-20-45(37,38)19-28-30(29)25-10-7-15-42-31(25)43-28/h4-6,8-9,11-14,21,25-31H,7,10,15-20,33H2,1-3H3,(H,34,36)/t25?,26-,27+,28?,29?,30?,31?/m1/s1. The number of sulfone groups is 1. The fourth-order valence-electron chi connectivity index (χ4n) is 6.73. The van der Waals surface area contributed by atoms with Gasteiger partial charge in [-0.25, -0.2) is 21.6 Å². The maximum atomic E-state index is 13.8. The van der Waals surface area contributed by atoms with Crippen molar-refractivity contribution in [2.45, 2.75) is 68.6 Å². The van der Waals surface area contributed by atoms with E-state index in [1.165, 1.54) is 23.5 Å². The molecule has 3 aliphatic heterocycles. The average Bonchev–Trinajstić information content (AvgIpc) is 3.38. The number of hydrogen-bond donors (Lipinski definition) is 2. The molecule has 3 aliphatic rings. The van der Waals surface area contributed by atoms with Gasteiger partial charge in [-0.05, 0) is 55.0 Å². The number of hydrogen-bond acceptors (Lipinski definition) is 10. The van der Waals surface area contributed by atoms with Crippen molar-refractivity contribution in [3.63, 3.8) is 0 Å². The summed E-state index contributed by atoms with van der Waals surface area (Å²) < 4.78 is 77.3. The van der Waals surface area contributed by atoms with Gasteiger partial charge in [-0.1, -0.05) is 44.2 Å². The highest BCUT2D eigenvalue weighted by Crippen LogP contribution is 2.44. The fraction of sp³-hybridized carbons (Fsp3) is 0.594. The zero-order valence-corrected chi connectivity index (χ0v) is 28.1. The molecule has 14 heteroatoms. The fourth-order valence-corrected chi connectivity index (χ4v) is 10.1. The third kappa shape index (κ3) is 8.20. The van der Waals surface area contributed by atoms with E-state index in [0.29, 0.717) is 18.8 Å². The molecule has 46 heavy (non-hydrogen) atoms.